The van der Waals surface area contributed by atoms with Crippen LogP contribution in [0.3, 0.4) is 0 Å². The van der Waals surface area contributed by atoms with E-state index in [-0.39, 0.29) is 23.9 Å². The van der Waals surface area contributed by atoms with Gasteiger partial charge in [0, 0.05) is 13.6 Å². The van der Waals surface area contributed by atoms with Crippen molar-refractivity contribution in [2.45, 2.75) is 26.7 Å². The maximum absolute atomic E-state index is 13.1. The highest BCUT2D eigenvalue weighted by Gasteiger charge is 2.11. The number of ketones is 1. The van der Waals surface area contributed by atoms with Crippen LogP contribution in [0.1, 0.15) is 24.5 Å². The summed E-state index contributed by atoms with van der Waals surface area (Å²) in [6.45, 7) is 3.63. The Hall–Kier alpha value is -1.71. The third-order valence-corrected chi connectivity index (χ3v) is 2.78. The maximum atomic E-state index is 13.1. The molecule has 4 heteroatoms. The van der Waals surface area contributed by atoms with Crippen LogP contribution in [-0.2, 0) is 16.0 Å². The number of hydrogen-bond acceptors (Lipinski definition) is 2. The van der Waals surface area contributed by atoms with Gasteiger partial charge in [-0.05, 0) is 37.5 Å². The van der Waals surface area contributed by atoms with Crippen molar-refractivity contribution >= 4 is 11.7 Å². The second-order valence-electron chi connectivity index (χ2n) is 4.53. The number of rotatable bonds is 5. The zero-order valence-corrected chi connectivity index (χ0v) is 11.0. The summed E-state index contributed by atoms with van der Waals surface area (Å²) < 4.78 is 13.1. The van der Waals surface area contributed by atoms with Crippen LogP contribution < -0.4 is 0 Å². The first kappa shape index (κ1) is 14.4. The van der Waals surface area contributed by atoms with E-state index in [1.807, 2.05) is 0 Å². The number of amides is 1. The van der Waals surface area contributed by atoms with Gasteiger partial charge in [0.05, 0.1) is 6.42 Å². The molecule has 0 aromatic heterocycles. The van der Waals surface area contributed by atoms with Gasteiger partial charge in [-0.2, -0.15) is 0 Å². The van der Waals surface area contributed by atoms with Crippen LogP contribution in [-0.4, -0.2) is 30.2 Å². The predicted molar refractivity (Wildman–Crippen MR) is 67.8 cm³/mol. The lowest BCUT2D eigenvalue weighted by Gasteiger charge is -2.16. The van der Waals surface area contributed by atoms with Gasteiger partial charge < -0.3 is 4.90 Å². The SMILES string of the molecule is CC(=O)CC(=O)N(C)CCc1ccc(F)c(C)c1. The fourth-order valence-corrected chi connectivity index (χ4v) is 1.63. The quantitative estimate of drug-likeness (QED) is 0.752. The Bertz CT molecular complexity index is 457. The number of hydrogen-bond donors (Lipinski definition) is 0. The normalized spacial score (nSPS) is 10.2. The van der Waals surface area contributed by atoms with Crippen LogP contribution in [0.15, 0.2) is 18.2 Å². The van der Waals surface area contributed by atoms with Crippen molar-refractivity contribution in [3.05, 3.63) is 35.1 Å². The predicted octanol–water partition coefficient (Wildman–Crippen LogP) is 2.11. The summed E-state index contributed by atoms with van der Waals surface area (Å²) in [7, 11) is 1.67. The molecule has 0 unspecified atom stereocenters. The summed E-state index contributed by atoms with van der Waals surface area (Å²) in [5.41, 5.74) is 1.58. The van der Waals surface area contributed by atoms with Crippen molar-refractivity contribution in [3.8, 4) is 0 Å². The average molecular weight is 251 g/mol. The van der Waals surface area contributed by atoms with E-state index < -0.39 is 0 Å². The van der Waals surface area contributed by atoms with Gasteiger partial charge in [0.2, 0.25) is 5.91 Å². The summed E-state index contributed by atoms with van der Waals surface area (Å²) in [5, 5.41) is 0. The summed E-state index contributed by atoms with van der Waals surface area (Å²) in [5.74, 6) is -0.537. The molecule has 0 saturated heterocycles. The number of carbonyl (C=O) groups is 2. The van der Waals surface area contributed by atoms with E-state index in [9.17, 15) is 14.0 Å². The minimum absolute atomic E-state index is 0.0566. The van der Waals surface area contributed by atoms with Crippen molar-refractivity contribution < 1.29 is 14.0 Å². The molecular weight excluding hydrogens is 233 g/mol. The Morgan fingerprint density at radius 3 is 2.56 bits per heavy atom. The Morgan fingerprint density at radius 2 is 2.00 bits per heavy atom. The van der Waals surface area contributed by atoms with Gasteiger partial charge in [-0.25, -0.2) is 4.39 Å². The van der Waals surface area contributed by atoms with Crippen molar-refractivity contribution in [2.75, 3.05) is 13.6 Å². The first-order valence-electron chi connectivity index (χ1n) is 5.88. The molecule has 0 heterocycles. The third kappa shape index (κ3) is 4.28. The van der Waals surface area contributed by atoms with Gasteiger partial charge in [0.25, 0.3) is 0 Å². The molecule has 0 bridgehead atoms. The van der Waals surface area contributed by atoms with E-state index in [2.05, 4.69) is 0 Å². The Balaban J connectivity index is 2.51. The molecule has 0 aliphatic heterocycles. The van der Waals surface area contributed by atoms with Gasteiger partial charge in [-0.1, -0.05) is 12.1 Å². The van der Waals surface area contributed by atoms with Gasteiger partial charge in [0.1, 0.15) is 11.6 Å². The molecule has 98 valence electrons. The van der Waals surface area contributed by atoms with E-state index in [0.29, 0.717) is 18.5 Å². The van der Waals surface area contributed by atoms with E-state index >= 15 is 0 Å². The van der Waals surface area contributed by atoms with Crippen molar-refractivity contribution in [1.29, 1.82) is 0 Å². The van der Waals surface area contributed by atoms with E-state index in [4.69, 9.17) is 0 Å². The maximum Gasteiger partial charge on any atom is 0.229 e. The molecule has 0 radical (unpaired) electrons. The number of benzene rings is 1. The van der Waals surface area contributed by atoms with Crippen molar-refractivity contribution in [1.82, 2.24) is 4.90 Å². The Labute approximate surface area is 107 Å². The molecule has 0 N–H and O–H groups in total. The third-order valence-electron chi connectivity index (χ3n) is 2.78. The Morgan fingerprint density at radius 1 is 1.33 bits per heavy atom. The number of likely N-dealkylation sites (N-methyl/N-ethyl adjacent to an activating group) is 1. The summed E-state index contributed by atoms with van der Waals surface area (Å²) in [6.07, 6.45) is 0.597. The van der Waals surface area contributed by atoms with Crippen LogP contribution >= 0.6 is 0 Å². The lowest BCUT2D eigenvalue weighted by atomic mass is 10.1. The van der Waals surface area contributed by atoms with Crippen LogP contribution in [0.5, 0.6) is 0 Å². The number of carbonyl (C=O) groups excluding carboxylic acids is 2. The zero-order valence-electron chi connectivity index (χ0n) is 11.0. The van der Waals surface area contributed by atoms with Gasteiger partial charge in [-0.15, -0.1) is 0 Å². The molecular formula is C14H18FNO2. The molecule has 1 amide bonds. The Kier molecular flexibility index (Phi) is 5.01. The molecule has 0 saturated carbocycles. The van der Waals surface area contributed by atoms with Crippen molar-refractivity contribution in [3.63, 3.8) is 0 Å². The van der Waals surface area contributed by atoms with E-state index in [1.54, 1.807) is 26.1 Å². The van der Waals surface area contributed by atoms with E-state index in [1.165, 1.54) is 17.9 Å². The van der Waals surface area contributed by atoms with Gasteiger partial charge in [0.15, 0.2) is 0 Å². The summed E-state index contributed by atoms with van der Waals surface area (Å²) in [4.78, 5) is 23.9. The number of aryl methyl sites for hydroxylation is 1. The molecule has 0 aliphatic rings. The van der Waals surface area contributed by atoms with Gasteiger partial charge >= 0.3 is 0 Å². The highest BCUT2D eigenvalue weighted by atomic mass is 19.1. The molecule has 0 atom stereocenters. The molecule has 0 spiro atoms. The topological polar surface area (TPSA) is 37.4 Å². The molecule has 1 aromatic carbocycles. The lowest BCUT2D eigenvalue weighted by Crippen LogP contribution is -2.30. The van der Waals surface area contributed by atoms with Crippen LogP contribution in [0.2, 0.25) is 0 Å². The highest BCUT2D eigenvalue weighted by molar-refractivity contribution is 5.96. The zero-order chi connectivity index (χ0) is 13.7. The number of nitrogens with zero attached hydrogens (tertiary/aromatic N) is 1. The fraction of sp³-hybridized carbons (Fsp3) is 0.429. The number of halogens is 1. The second kappa shape index (κ2) is 6.28. The number of Topliss-reactive ketones (excluding diaryl/α,β-unsaturated/α-hetero) is 1. The molecule has 0 aliphatic carbocycles. The van der Waals surface area contributed by atoms with E-state index in [0.717, 1.165) is 5.56 Å². The first-order chi connectivity index (χ1) is 8.40. The molecule has 0 fully saturated rings. The first-order valence-corrected chi connectivity index (χ1v) is 5.88. The minimum Gasteiger partial charge on any atom is -0.345 e. The lowest BCUT2D eigenvalue weighted by molar-refractivity contribution is -0.133. The molecule has 1 rings (SSSR count). The average Bonchev–Trinajstić information content (AvgIpc) is 2.29. The van der Waals surface area contributed by atoms with Crippen molar-refractivity contribution in [2.24, 2.45) is 0 Å². The molecule has 18 heavy (non-hydrogen) atoms. The highest BCUT2D eigenvalue weighted by Crippen LogP contribution is 2.10. The molecule has 3 nitrogen and oxygen atoms in total. The van der Waals surface area contributed by atoms with Crippen LogP contribution in [0, 0.1) is 12.7 Å². The monoisotopic (exact) mass is 251 g/mol. The minimum atomic E-state index is -0.222. The molecule has 1 aromatic rings. The standard InChI is InChI=1S/C14H18FNO2/c1-10-8-12(4-5-13(10)15)6-7-16(3)14(18)9-11(2)17/h4-5,8H,6-7,9H2,1-3H3. The smallest absolute Gasteiger partial charge is 0.229 e. The van der Waals surface area contributed by atoms with Crippen LogP contribution in [0.4, 0.5) is 4.39 Å². The largest absolute Gasteiger partial charge is 0.345 e. The van der Waals surface area contributed by atoms with Crippen LogP contribution in [0.25, 0.3) is 0 Å². The summed E-state index contributed by atoms with van der Waals surface area (Å²) >= 11 is 0. The fourth-order valence-electron chi connectivity index (χ4n) is 1.63. The van der Waals surface area contributed by atoms with Gasteiger partial charge in [-0.3, -0.25) is 9.59 Å². The summed E-state index contributed by atoms with van der Waals surface area (Å²) in [6, 6.07) is 4.92. The second-order valence-corrected chi connectivity index (χ2v) is 4.53.